The van der Waals surface area contributed by atoms with E-state index in [4.69, 9.17) is 4.74 Å². The van der Waals surface area contributed by atoms with Crippen LogP contribution in [0.2, 0.25) is 0 Å². The number of aliphatic hydroxyl groups is 1. The molecule has 0 aromatic heterocycles. The van der Waals surface area contributed by atoms with Crippen LogP contribution in [0.15, 0.2) is 36.4 Å². The molecule has 0 radical (unpaired) electrons. The monoisotopic (exact) mass is 312 g/mol. The molecular weight excluding hydrogens is 292 g/mol. The van der Waals surface area contributed by atoms with Crippen molar-refractivity contribution >= 4 is 17.3 Å². The van der Waals surface area contributed by atoms with Gasteiger partial charge >= 0.3 is 0 Å². The van der Waals surface area contributed by atoms with Crippen molar-refractivity contribution in [1.82, 2.24) is 0 Å². The van der Waals surface area contributed by atoms with Gasteiger partial charge in [-0.15, -0.1) is 0 Å². The summed E-state index contributed by atoms with van der Waals surface area (Å²) in [5.41, 5.74) is 3.12. The van der Waals surface area contributed by atoms with Gasteiger partial charge in [0.15, 0.2) is 0 Å². The molecule has 5 nitrogen and oxygen atoms in total. The third-order valence-corrected chi connectivity index (χ3v) is 4.12. The summed E-state index contributed by atoms with van der Waals surface area (Å²) in [6.07, 6.45) is 0. The maximum Gasteiger partial charge on any atom is 0.249 e. The molecule has 1 heterocycles. The van der Waals surface area contributed by atoms with Crippen LogP contribution in [0.1, 0.15) is 19.4 Å². The average Bonchev–Trinajstić information content (AvgIpc) is 2.54. The fraction of sp³-hybridized carbons (Fsp3) is 0.278. The molecular formula is C18H20N2O3. The van der Waals surface area contributed by atoms with Gasteiger partial charge in [0.1, 0.15) is 11.3 Å². The zero-order valence-corrected chi connectivity index (χ0v) is 13.4. The first-order chi connectivity index (χ1) is 11.0. The molecule has 0 spiro atoms. The molecule has 3 N–H and O–H groups in total. The fourth-order valence-corrected chi connectivity index (χ4v) is 2.84. The number of fused-ring (bicyclic) bond motifs is 1. The minimum Gasteiger partial charge on any atom is -0.496 e. The second-order valence-corrected chi connectivity index (χ2v) is 6.08. The molecule has 23 heavy (non-hydrogen) atoms. The van der Waals surface area contributed by atoms with Crippen molar-refractivity contribution in [3.63, 3.8) is 0 Å². The van der Waals surface area contributed by atoms with Gasteiger partial charge in [0.25, 0.3) is 0 Å². The topological polar surface area (TPSA) is 70.6 Å². The van der Waals surface area contributed by atoms with Crippen LogP contribution in [0, 0.1) is 0 Å². The van der Waals surface area contributed by atoms with E-state index < -0.39 is 5.54 Å². The summed E-state index contributed by atoms with van der Waals surface area (Å²) in [7, 11) is 1.61. The largest absolute Gasteiger partial charge is 0.496 e. The highest BCUT2D eigenvalue weighted by Crippen LogP contribution is 2.41. The number of anilines is 2. The number of benzene rings is 2. The Labute approximate surface area is 135 Å². The number of aliphatic hydroxyl groups excluding tert-OH is 1. The smallest absolute Gasteiger partial charge is 0.249 e. The van der Waals surface area contributed by atoms with E-state index in [2.05, 4.69) is 10.6 Å². The average molecular weight is 312 g/mol. The van der Waals surface area contributed by atoms with E-state index in [1.807, 2.05) is 50.2 Å². The van der Waals surface area contributed by atoms with Gasteiger partial charge in [0.2, 0.25) is 5.91 Å². The predicted octanol–water partition coefficient (Wildman–Crippen LogP) is 3.00. The Balaban J connectivity index is 2.19. The summed E-state index contributed by atoms with van der Waals surface area (Å²) >= 11 is 0. The maximum absolute atomic E-state index is 12.2. The lowest BCUT2D eigenvalue weighted by Gasteiger charge is -2.34. The first kappa shape index (κ1) is 15.4. The van der Waals surface area contributed by atoms with Gasteiger partial charge in [-0.1, -0.05) is 24.3 Å². The van der Waals surface area contributed by atoms with Gasteiger partial charge in [-0.25, -0.2) is 0 Å². The third-order valence-electron chi connectivity index (χ3n) is 4.12. The zero-order valence-electron chi connectivity index (χ0n) is 13.4. The fourth-order valence-electron chi connectivity index (χ4n) is 2.84. The predicted molar refractivity (Wildman–Crippen MR) is 90.7 cm³/mol. The van der Waals surface area contributed by atoms with Crippen molar-refractivity contribution in [1.29, 1.82) is 0 Å². The van der Waals surface area contributed by atoms with Crippen LogP contribution >= 0.6 is 0 Å². The number of carbonyl (C=O) groups excluding carboxylic acids is 1. The molecule has 1 aliphatic rings. The van der Waals surface area contributed by atoms with Crippen LogP contribution in [0.25, 0.3) is 11.1 Å². The second-order valence-electron chi connectivity index (χ2n) is 6.08. The SMILES string of the molecule is COc1ccccc1-c1ccc2c(c1CO)NC(=O)C(C)(C)N2. The molecule has 0 atom stereocenters. The normalized spacial score (nSPS) is 15.4. The number of hydrogen-bond donors (Lipinski definition) is 3. The van der Waals surface area contributed by atoms with E-state index in [9.17, 15) is 9.90 Å². The Morgan fingerprint density at radius 2 is 1.87 bits per heavy atom. The van der Waals surface area contributed by atoms with Crippen molar-refractivity contribution in [2.45, 2.75) is 26.0 Å². The van der Waals surface area contributed by atoms with Gasteiger partial charge < -0.3 is 20.5 Å². The molecule has 0 fully saturated rings. The third kappa shape index (κ3) is 2.53. The Hall–Kier alpha value is -2.53. The molecule has 1 amide bonds. The summed E-state index contributed by atoms with van der Waals surface area (Å²) in [4.78, 5) is 12.2. The number of nitrogens with one attached hydrogen (secondary N) is 2. The molecule has 3 rings (SSSR count). The molecule has 0 aliphatic carbocycles. The number of hydrogen-bond acceptors (Lipinski definition) is 4. The first-order valence-electron chi connectivity index (χ1n) is 7.47. The van der Waals surface area contributed by atoms with Crippen LogP contribution < -0.4 is 15.4 Å². The number of ether oxygens (including phenoxy) is 1. The molecule has 0 saturated heterocycles. The minimum absolute atomic E-state index is 0.128. The molecule has 0 unspecified atom stereocenters. The van der Waals surface area contributed by atoms with Crippen molar-refractivity contribution in [3.05, 3.63) is 42.0 Å². The van der Waals surface area contributed by atoms with E-state index in [1.54, 1.807) is 7.11 Å². The summed E-state index contributed by atoms with van der Waals surface area (Å²) in [5.74, 6) is 0.592. The first-order valence-corrected chi connectivity index (χ1v) is 7.47. The van der Waals surface area contributed by atoms with E-state index in [-0.39, 0.29) is 12.5 Å². The molecule has 1 aliphatic heterocycles. The lowest BCUT2D eigenvalue weighted by molar-refractivity contribution is -0.119. The lowest BCUT2D eigenvalue weighted by Crippen LogP contribution is -2.47. The van der Waals surface area contributed by atoms with E-state index in [0.717, 1.165) is 22.6 Å². The van der Waals surface area contributed by atoms with Crippen LogP contribution in [0.3, 0.4) is 0 Å². The number of carbonyl (C=O) groups is 1. The molecule has 5 heteroatoms. The number of para-hydroxylation sites is 1. The second kappa shape index (κ2) is 5.59. The maximum atomic E-state index is 12.2. The number of amides is 1. The van der Waals surface area contributed by atoms with Crippen LogP contribution in [-0.2, 0) is 11.4 Å². The summed E-state index contributed by atoms with van der Waals surface area (Å²) in [5, 5.41) is 16.0. The molecule has 2 aromatic carbocycles. The van der Waals surface area contributed by atoms with Gasteiger partial charge in [-0.3, -0.25) is 4.79 Å². The van der Waals surface area contributed by atoms with Gasteiger partial charge in [0.05, 0.1) is 25.1 Å². The van der Waals surface area contributed by atoms with Crippen LogP contribution in [0.5, 0.6) is 5.75 Å². The highest BCUT2D eigenvalue weighted by atomic mass is 16.5. The lowest BCUT2D eigenvalue weighted by atomic mass is 9.93. The van der Waals surface area contributed by atoms with E-state index >= 15 is 0 Å². The summed E-state index contributed by atoms with van der Waals surface area (Å²) in [6, 6.07) is 11.5. The quantitative estimate of drug-likeness (QED) is 0.815. The number of rotatable bonds is 3. The Morgan fingerprint density at radius 3 is 2.57 bits per heavy atom. The Kier molecular flexibility index (Phi) is 3.74. The molecule has 120 valence electrons. The van der Waals surface area contributed by atoms with Crippen molar-refractivity contribution in [3.8, 4) is 16.9 Å². The highest BCUT2D eigenvalue weighted by Gasteiger charge is 2.34. The van der Waals surface area contributed by atoms with Gasteiger partial charge in [-0.05, 0) is 31.5 Å². The van der Waals surface area contributed by atoms with Crippen LogP contribution in [0.4, 0.5) is 11.4 Å². The van der Waals surface area contributed by atoms with Crippen LogP contribution in [-0.4, -0.2) is 23.7 Å². The summed E-state index contributed by atoms with van der Waals surface area (Å²) < 4.78 is 5.41. The van der Waals surface area contributed by atoms with Crippen molar-refractivity contribution < 1.29 is 14.6 Å². The molecule has 0 bridgehead atoms. The Bertz CT molecular complexity index is 769. The van der Waals surface area contributed by atoms with Gasteiger partial charge in [-0.2, -0.15) is 0 Å². The number of methoxy groups -OCH3 is 1. The minimum atomic E-state index is -0.689. The standard InChI is InChI=1S/C18H20N2O3/c1-18(2)17(22)19-16-13(10-21)11(8-9-14(16)20-18)12-6-4-5-7-15(12)23-3/h4-9,20-21H,10H2,1-3H3,(H,19,22). The highest BCUT2D eigenvalue weighted by molar-refractivity contribution is 6.07. The molecule has 0 saturated carbocycles. The van der Waals surface area contributed by atoms with E-state index in [0.29, 0.717) is 11.3 Å². The van der Waals surface area contributed by atoms with Gasteiger partial charge in [0, 0.05) is 11.1 Å². The zero-order chi connectivity index (χ0) is 16.6. The van der Waals surface area contributed by atoms with Crippen molar-refractivity contribution in [2.75, 3.05) is 17.7 Å². The summed E-state index contributed by atoms with van der Waals surface area (Å²) in [6.45, 7) is 3.45. The molecule has 2 aromatic rings. The Morgan fingerprint density at radius 1 is 1.13 bits per heavy atom. The van der Waals surface area contributed by atoms with E-state index in [1.165, 1.54) is 0 Å². The van der Waals surface area contributed by atoms with Crippen molar-refractivity contribution in [2.24, 2.45) is 0 Å².